The zero-order valence-corrected chi connectivity index (χ0v) is 11.4. The topological polar surface area (TPSA) is 43.8 Å². The smallest absolute Gasteiger partial charge is 0.130 e. The van der Waals surface area contributed by atoms with Crippen LogP contribution in [-0.4, -0.2) is 9.55 Å². The lowest BCUT2D eigenvalue weighted by atomic mass is 10.0. The maximum Gasteiger partial charge on any atom is 0.130 e. The van der Waals surface area contributed by atoms with Crippen LogP contribution in [0.25, 0.3) is 0 Å². The Balaban J connectivity index is 2.34. The summed E-state index contributed by atoms with van der Waals surface area (Å²) in [5.74, 6) is 0.946. The standard InChI is InChI=1S/C15H21N3/c1-4-6-18-7-5-17-15(18)14(16)13-9-11(2)8-12(3)10-13/h5,7-10,14H,4,6,16H2,1-3H3. The first-order valence-corrected chi connectivity index (χ1v) is 6.46. The van der Waals surface area contributed by atoms with Crippen LogP contribution in [0.4, 0.5) is 0 Å². The van der Waals surface area contributed by atoms with Crippen molar-refractivity contribution in [1.29, 1.82) is 0 Å². The monoisotopic (exact) mass is 243 g/mol. The van der Waals surface area contributed by atoms with Gasteiger partial charge in [0.15, 0.2) is 0 Å². The van der Waals surface area contributed by atoms with Crippen molar-refractivity contribution < 1.29 is 0 Å². The molecule has 0 saturated heterocycles. The number of rotatable bonds is 4. The molecule has 1 aromatic heterocycles. The summed E-state index contributed by atoms with van der Waals surface area (Å²) in [6, 6.07) is 6.30. The Bertz CT molecular complexity index is 508. The molecule has 0 spiro atoms. The van der Waals surface area contributed by atoms with E-state index in [0.29, 0.717) is 0 Å². The van der Waals surface area contributed by atoms with Gasteiger partial charge in [-0.2, -0.15) is 0 Å². The average molecular weight is 243 g/mol. The van der Waals surface area contributed by atoms with Crippen molar-refractivity contribution in [2.24, 2.45) is 5.73 Å². The molecule has 0 amide bonds. The van der Waals surface area contributed by atoms with E-state index in [1.165, 1.54) is 11.1 Å². The minimum Gasteiger partial charge on any atom is -0.333 e. The third kappa shape index (κ3) is 2.62. The van der Waals surface area contributed by atoms with Gasteiger partial charge in [0.25, 0.3) is 0 Å². The van der Waals surface area contributed by atoms with Gasteiger partial charge in [-0.1, -0.05) is 36.2 Å². The predicted octanol–water partition coefficient (Wildman–Crippen LogP) is 2.96. The summed E-state index contributed by atoms with van der Waals surface area (Å²) in [6.45, 7) is 7.32. The second kappa shape index (κ2) is 5.36. The number of nitrogens with two attached hydrogens (primary N) is 1. The van der Waals surface area contributed by atoms with Crippen LogP contribution in [0.5, 0.6) is 0 Å². The molecular formula is C15H21N3. The van der Waals surface area contributed by atoms with Gasteiger partial charge in [0, 0.05) is 18.9 Å². The summed E-state index contributed by atoms with van der Waals surface area (Å²) in [4.78, 5) is 4.41. The number of nitrogens with zero attached hydrogens (tertiary/aromatic N) is 2. The van der Waals surface area contributed by atoms with E-state index in [4.69, 9.17) is 5.73 Å². The average Bonchev–Trinajstić information content (AvgIpc) is 2.75. The highest BCUT2D eigenvalue weighted by molar-refractivity contribution is 5.33. The summed E-state index contributed by atoms with van der Waals surface area (Å²) in [5, 5.41) is 0. The number of aryl methyl sites for hydroxylation is 3. The van der Waals surface area contributed by atoms with Crippen molar-refractivity contribution in [3.05, 3.63) is 53.1 Å². The molecule has 1 atom stereocenters. The zero-order chi connectivity index (χ0) is 13.1. The van der Waals surface area contributed by atoms with Crippen LogP contribution in [-0.2, 0) is 6.54 Å². The van der Waals surface area contributed by atoms with Crippen LogP contribution >= 0.6 is 0 Å². The fourth-order valence-corrected chi connectivity index (χ4v) is 2.37. The summed E-state index contributed by atoms with van der Waals surface area (Å²) in [7, 11) is 0. The molecule has 0 aliphatic carbocycles. The molecule has 2 rings (SSSR count). The predicted molar refractivity (Wildman–Crippen MR) is 74.5 cm³/mol. The maximum atomic E-state index is 6.35. The van der Waals surface area contributed by atoms with Crippen molar-refractivity contribution in [3.8, 4) is 0 Å². The molecule has 1 unspecified atom stereocenters. The summed E-state index contributed by atoms with van der Waals surface area (Å²) >= 11 is 0. The fraction of sp³-hybridized carbons (Fsp3) is 0.400. The first-order chi connectivity index (χ1) is 8.61. The molecule has 0 aliphatic heterocycles. The first-order valence-electron chi connectivity index (χ1n) is 6.46. The van der Waals surface area contributed by atoms with Gasteiger partial charge in [-0.3, -0.25) is 0 Å². The number of aromatic nitrogens is 2. The lowest BCUT2D eigenvalue weighted by molar-refractivity contribution is 0.612. The second-order valence-corrected chi connectivity index (χ2v) is 4.88. The van der Waals surface area contributed by atoms with Crippen LogP contribution in [0.2, 0.25) is 0 Å². The minimum atomic E-state index is -0.148. The van der Waals surface area contributed by atoms with Crippen molar-refractivity contribution in [2.75, 3.05) is 0 Å². The normalized spacial score (nSPS) is 12.7. The van der Waals surface area contributed by atoms with Gasteiger partial charge in [-0.15, -0.1) is 0 Å². The van der Waals surface area contributed by atoms with E-state index in [0.717, 1.165) is 24.4 Å². The Labute approximate surface area is 109 Å². The van der Waals surface area contributed by atoms with Gasteiger partial charge in [0.2, 0.25) is 0 Å². The first kappa shape index (κ1) is 12.8. The lowest BCUT2D eigenvalue weighted by Crippen LogP contribution is -2.18. The molecular weight excluding hydrogens is 222 g/mol. The van der Waals surface area contributed by atoms with Gasteiger partial charge in [0.05, 0.1) is 6.04 Å². The summed E-state index contributed by atoms with van der Waals surface area (Å²) in [5.41, 5.74) is 9.97. The maximum absolute atomic E-state index is 6.35. The van der Waals surface area contributed by atoms with Gasteiger partial charge < -0.3 is 10.3 Å². The largest absolute Gasteiger partial charge is 0.333 e. The third-order valence-corrected chi connectivity index (χ3v) is 3.09. The Kier molecular flexibility index (Phi) is 3.82. The van der Waals surface area contributed by atoms with Crippen molar-refractivity contribution in [2.45, 2.75) is 39.8 Å². The Morgan fingerprint density at radius 3 is 2.50 bits per heavy atom. The molecule has 0 radical (unpaired) electrons. The van der Waals surface area contributed by atoms with E-state index >= 15 is 0 Å². The van der Waals surface area contributed by atoms with Crippen molar-refractivity contribution in [1.82, 2.24) is 9.55 Å². The Morgan fingerprint density at radius 1 is 1.22 bits per heavy atom. The van der Waals surface area contributed by atoms with E-state index in [1.807, 2.05) is 12.4 Å². The van der Waals surface area contributed by atoms with E-state index in [-0.39, 0.29) is 6.04 Å². The molecule has 3 heteroatoms. The quantitative estimate of drug-likeness (QED) is 0.897. The van der Waals surface area contributed by atoms with Gasteiger partial charge in [-0.05, 0) is 25.8 Å². The van der Waals surface area contributed by atoms with Gasteiger partial charge in [-0.25, -0.2) is 4.98 Å². The number of imidazole rings is 1. The molecule has 0 fully saturated rings. The SMILES string of the molecule is CCCn1ccnc1C(N)c1cc(C)cc(C)c1. The molecule has 0 saturated carbocycles. The summed E-state index contributed by atoms with van der Waals surface area (Å²) in [6.07, 6.45) is 4.91. The van der Waals surface area contributed by atoms with E-state index < -0.39 is 0 Å². The number of hydrogen-bond donors (Lipinski definition) is 1. The minimum absolute atomic E-state index is 0.148. The van der Waals surface area contributed by atoms with Crippen LogP contribution in [0.1, 0.15) is 41.9 Å². The van der Waals surface area contributed by atoms with Crippen LogP contribution in [0.15, 0.2) is 30.6 Å². The van der Waals surface area contributed by atoms with E-state index in [9.17, 15) is 0 Å². The van der Waals surface area contributed by atoms with E-state index in [2.05, 4.69) is 48.5 Å². The van der Waals surface area contributed by atoms with Gasteiger partial charge >= 0.3 is 0 Å². The highest BCUT2D eigenvalue weighted by atomic mass is 15.1. The van der Waals surface area contributed by atoms with Crippen molar-refractivity contribution >= 4 is 0 Å². The molecule has 3 nitrogen and oxygen atoms in total. The molecule has 0 bridgehead atoms. The Hall–Kier alpha value is -1.61. The number of benzene rings is 1. The molecule has 18 heavy (non-hydrogen) atoms. The second-order valence-electron chi connectivity index (χ2n) is 4.88. The van der Waals surface area contributed by atoms with Crippen LogP contribution < -0.4 is 5.73 Å². The molecule has 0 aliphatic rings. The molecule has 96 valence electrons. The lowest BCUT2D eigenvalue weighted by Gasteiger charge is -2.15. The number of hydrogen-bond acceptors (Lipinski definition) is 2. The Morgan fingerprint density at radius 2 is 1.89 bits per heavy atom. The van der Waals surface area contributed by atoms with Crippen LogP contribution in [0, 0.1) is 13.8 Å². The molecule has 1 heterocycles. The molecule has 2 N–H and O–H groups in total. The summed E-state index contributed by atoms with van der Waals surface area (Å²) < 4.78 is 2.14. The third-order valence-electron chi connectivity index (χ3n) is 3.09. The van der Waals surface area contributed by atoms with Crippen LogP contribution in [0.3, 0.4) is 0 Å². The molecule has 2 aromatic rings. The highest BCUT2D eigenvalue weighted by Crippen LogP contribution is 2.21. The van der Waals surface area contributed by atoms with Gasteiger partial charge in [0.1, 0.15) is 5.82 Å². The van der Waals surface area contributed by atoms with E-state index in [1.54, 1.807) is 0 Å². The highest BCUT2D eigenvalue weighted by Gasteiger charge is 2.14. The fourth-order valence-electron chi connectivity index (χ4n) is 2.37. The zero-order valence-electron chi connectivity index (χ0n) is 11.4. The molecule has 1 aromatic carbocycles. The van der Waals surface area contributed by atoms with Crippen molar-refractivity contribution in [3.63, 3.8) is 0 Å².